The van der Waals surface area contributed by atoms with Crippen molar-refractivity contribution in [1.29, 1.82) is 0 Å². The van der Waals surface area contributed by atoms with Crippen LogP contribution in [0.2, 0.25) is 0 Å². The van der Waals surface area contributed by atoms with Crippen LogP contribution >= 0.6 is 0 Å². The van der Waals surface area contributed by atoms with Crippen LogP contribution in [0.1, 0.15) is 38.3 Å². The lowest BCUT2D eigenvalue weighted by Gasteiger charge is -2.10. The summed E-state index contributed by atoms with van der Waals surface area (Å²) in [6.07, 6.45) is 1.45. The van der Waals surface area contributed by atoms with E-state index in [9.17, 15) is 14.4 Å². The molecule has 30 heavy (non-hydrogen) atoms. The number of primary amides is 1. The summed E-state index contributed by atoms with van der Waals surface area (Å²) in [6, 6.07) is 17.5. The largest absolute Gasteiger partial charge is 0.364 e. The molecule has 0 saturated heterocycles. The summed E-state index contributed by atoms with van der Waals surface area (Å²) in [5.41, 5.74) is 8.20. The molecule has 0 spiro atoms. The Balaban J connectivity index is 1.78. The highest BCUT2D eigenvalue weighted by Crippen LogP contribution is 2.23. The first-order valence-corrected chi connectivity index (χ1v) is 9.09. The number of nitrogens with two attached hydrogens (primary N) is 1. The van der Waals surface area contributed by atoms with E-state index in [1.807, 2.05) is 30.3 Å². The van der Waals surface area contributed by atoms with Gasteiger partial charge in [-0.05, 0) is 42.8 Å². The number of benzene rings is 2. The number of carbonyl (C=O) groups excluding carboxylic acids is 3. The Bertz CT molecular complexity index is 1280. The zero-order valence-corrected chi connectivity index (χ0v) is 16.0. The molecule has 0 radical (unpaired) electrons. The minimum Gasteiger partial charge on any atom is -0.364 e. The third-order valence-corrected chi connectivity index (χ3v) is 4.59. The second-order valence-corrected chi connectivity index (χ2v) is 6.63. The minimum atomic E-state index is -0.735. The van der Waals surface area contributed by atoms with Crippen molar-refractivity contribution in [3.63, 3.8) is 0 Å². The Morgan fingerprint density at radius 1 is 1.00 bits per heavy atom. The molecule has 4 aromatic rings. The van der Waals surface area contributed by atoms with Crippen LogP contribution in [-0.2, 0) is 0 Å². The maximum absolute atomic E-state index is 12.9. The van der Waals surface area contributed by atoms with E-state index in [-0.39, 0.29) is 22.8 Å². The molecule has 0 atom stereocenters. The highest BCUT2D eigenvalue weighted by atomic mass is 16.2. The van der Waals surface area contributed by atoms with Crippen molar-refractivity contribution in [2.45, 2.75) is 6.92 Å². The lowest BCUT2D eigenvalue weighted by Crippen LogP contribution is -2.17. The average Bonchev–Trinajstić information content (AvgIpc) is 3.18. The van der Waals surface area contributed by atoms with Crippen LogP contribution in [0.15, 0.2) is 67.0 Å². The van der Waals surface area contributed by atoms with Gasteiger partial charge < -0.3 is 11.1 Å². The fourth-order valence-corrected chi connectivity index (χ4v) is 3.08. The third-order valence-electron chi connectivity index (χ3n) is 4.59. The fraction of sp³-hybridized carbons (Fsp3) is 0.0455. The molecule has 0 unspecified atom stereocenters. The molecule has 0 aliphatic carbocycles. The van der Waals surface area contributed by atoms with E-state index >= 15 is 0 Å². The number of Topliss-reactive ketones (excluding diaryl/α,β-unsaturated/α-hetero) is 1. The number of ketones is 1. The summed E-state index contributed by atoms with van der Waals surface area (Å²) >= 11 is 0. The minimum absolute atomic E-state index is 0.0207. The Hall–Kier alpha value is -4.33. The fourth-order valence-electron chi connectivity index (χ4n) is 3.08. The molecule has 8 heteroatoms. The Kier molecular flexibility index (Phi) is 4.81. The highest BCUT2D eigenvalue weighted by Gasteiger charge is 2.19. The standard InChI is InChI=1S/C22H17N5O3/c1-13(28)14-7-9-16(10-8-14)25-22(30)17-11-18(15-5-3-2-4-6-15)27-12-24-19(20(23)29)21(27)26-17/h2-12H,1H3,(H2,23,29)(H,25,30). The Morgan fingerprint density at radius 2 is 1.70 bits per heavy atom. The van der Waals surface area contributed by atoms with Gasteiger partial charge in [-0.2, -0.15) is 0 Å². The molecular formula is C22H17N5O3. The number of anilines is 1. The SMILES string of the molecule is CC(=O)c1ccc(NC(=O)c2cc(-c3ccccc3)n3cnc(C(N)=O)c3n2)cc1. The summed E-state index contributed by atoms with van der Waals surface area (Å²) in [5.74, 6) is -1.27. The first-order chi connectivity index (χ1) is 14.4. The Morgan fingerprint density at radius 3 is 2.33 bits per heavy atom. The summed E-state index contributed by atoms with van der Waals surface area (Å²) in [4.78, 5) is 44.4. The molecule has 2 aromatic heterocycles. The second-order valence-electron chi connectivity index (χ2n) is 6.63. The van der Waals surface area contributed by atoms with Gasteiger partial charge in [0.2, 0.25) is 0 Å². The second kappa shape index (κ2) is 7.59. The molecule has 0 saturated carbocycles. The topological polar surface area (TPSA) is 119 Å². The average molecular weight is 399 g/mol. The molecule has 4 rings (SSSR count). The van der Waals surface area contributed by atoms with Crippen molar-refractivity contribution >= 4 is 28.9 Å². The number of nitrogens with one attached hydrogen (secondary N) is 1. The quantitative estimate of drug-likeness (QED) is 0.500. The summed E-state index contributed by atoms with van der Waals surface area (Å²) < 4.78 is 1.62. The van der Waals surface area contributed by atoms with Gasteiger partial charge in [-0.25, -0.2) is 9.97 Å². The lowest BCUT2D eigenvalue weighted by atomic mass is 10.1. The van der Waals surface area contributed by atoms with Gasteiger partial charge in [0.25, 0.3) is 11.8 Å². The van der Waals surface area contributed by atoms with Crippen LogP contribution in [0.3, 0.4) is 0 Å². The third kappa shape index (κ3) is 3.53. The van der Waals surface area contributed by atoms with E-state index in [1.54, 1.807) is 34.7 Å². The first kappa shape index (κ1) is 19.0. The summed E-state index contributed by atoms with van der Waals surface area (Å²) in [6.45, 7) is 1.47. The maximum atomic E-state index is 12.9. The molecule has 0 aliphatic rings. The van der Waals surface area contributed by atoms with Crippen molar-refractivity contribution in [2.24, 2.45) is 5.73 Å². The van der Waals surface area contributed by atoms with Crippen molar-refractivity contribution in [3.05, 3.63) is 83.9 Å². The smallest absolute Gasteiger partial charge is 0.274 e. The van der Waals surface area contributed by atoms with Gasteiger partial charge in [0, 0.05) is 11.3 Å². The van der Waals surface area contributed by atoms with Crippen LogP contribution in [0, 0.1) is 0 Å². The van der Waals surface area contributed by atoms with Gasteiger partial charge in [-0.15, -0.1) is 0 Å². The van der Waals surface area contributed by atoms with Crippen molar-refractivity contribution in [3.8, 4) is 11.3 Å². The monoisotopic (exact) mass is 399 g/mol. The van der Waals surface area contributed by atoms with Crippen molar-refractivity contribution in [2.75, 3.05) is 5.32 Å². The highest BCUT2D eigenvalue weighted by molar-refractivity contribution is 6.05. The number of hydrogen-bond acceptors (Lipinski definition) is 5. The van der Waals surface area contributed by atoms with Gasteiger partial charge in [0.15, 0.2) is 17.1 Å². The Labute approximate surface area is 171 Å². The normalized spacial score (nSPS) is 10.7. The number of hydrogen-bond donors (Lipinski definition) is 2. The van der Waals surface area contributed by atoms with E-state index in [2.05, 4.69) is 15.3 Å². The van der Waals surface area contributed by atoms with E-state index in [1.165, 1.54) is 13.3 Å². The van der Waals surface area contributed by atoms with E-state index in [4.69, 9.17) is 5.73 Å². The van der Waals surface area contributed by atoms with E-state index in [0.717, 1.165) is 5.56 Å². The molecule has 0 fully saturated rings. The number of aromatic nitrogens is 3. The van der Waals surface area contributed by atoms with Gasteiger partial charge in [0.05, 0.1) is 5.69 Å². The predicted octanol–water partition coefficient (Wildman–Crippen LogP) is 2.95. The van der Waals surface area contributed by atoms with Crippen LogP contribution in [0.5, 0.6) is 0 Å². The molecule has 2 heterocycles. The van der Waals surface area contributed by atoms with Gasteiger partial charge in [-0.1, -0.05) is 30.3 Å². The molecule has 0 bridgehead atoms. The molecule has 0 aliphatic heterocycles. The summed E-state index contributed by atoms with van der Waals surface area (Å²) in [7, 11) is 0. The number of nitrogens with zero attached hydrogens (tertiary/aromatic N) is 3. The number of rotatable bonds is 5. The number of amides is 2. The van der Waals surface area contributed by atoms with Gasteiger partial charge in [-0.3, -0.25) is 18.8 Å². The first-order valence-electron chi connectivity index (χ1n) is 9.09. The van der Waals surface area contributed by atoms with Crippen molar-refractivity contribution in [1.82, 2.24) is 14.4 Å². The van der Waals surface area contributed by atoms with Crippen LogP contribution in [-0.4, -0.2) is 32.0 Å². The van der Waals surface area contributed by atoms with Gasteiger partial charge >= 0.3 is 0 Å². The number of fused-ring (bicyclic) bond motifs is 1. The zero-order valence-electron chi connectivity index (χ0n) is 16.0. The van der Waals surface area contributed by atoms with Crippen molar-refractivity contribution < 1.29 is 14.4 Å². The van der Waals surface area contributed by atoms with E-state index in [0.29, 0.717) is 16.9 Å². The predicted molar refractivity (Wildman–Crippen MR) is 111 cm³/mol. The molecular weight excluding hydrogens is 382 g/mol. The van der Waals surface area contributed by atoms with Crippen LogP contribution in [0.25, 0.3) is 16.9 Å². The van der Waals surface area contributed by atoms with E-state index < -0.39 is 11.8 Å². The molecule has 2 aromatic carbocycles. The molecule has 148 valence electrons. The number of imidazole rings is 1. The summed E-state index contributed by atoms with van der Waals surface area (Å²) in [5, 5.41) is 2.75. The lowest BCUT2D eigenvalue weighted by molar-refractivity contribution is 0.0991. The zero-order chi connectivity index (χ0) is 21.3. The maximum Gasteiger partial charge on any atom is 0.274 e. The van der Waals surface area contributed by atoms with Gasteiger partial charge in [0.1, 0.15) is 12.0 Å². The molecule has 2 amide bonds. The van der Waals surface area contributed by atoms with Crippen LogP contribution < -0.4 is 11.1 Å². The van der Waals surface area contributed by atoms with Crippen LogP contribution in [0.4, 0.5) is 5.69 Å². The number of carbonyl (C=O) groups is 3. The molecule has 3 N–H and O–H groups in total. The molecule has 8 nitrogen and oxygen atoms in total.